The molecule has 1 aliphatic rings. The Hall–Kier alpha value is -2.99. The quantitative estimate of drug-likeness (QED) is 0.303. The Morgan fingerprint density at radius 1 is 1.19 bits per heavy atom. The van der Waals surface area contributed by atoms with Crippen molar-refractivity contribution in [2.75, 3.05) is 6.54 Å². The highest BCUT2D eigenvalue weighted by atomic mass is 19.3. The van der Waals surface area contributed by atoms with Gasteiger partial charge in [-0.05, 0) is 45.6 Å². The summed E-state index contributed by atoms with van der Waals surface area (Å²) in [5, 5.41) is 13.8. The van der Waals surface area contributed by atoms with Gasteiger partial charge in [0.25, 0.3) is 0 Å². The van der Waals surface area contributed by atoms with Gasteiger partial charge in [0.05, 0.1) is 24.0 Å². The summed E-state index contributed by atoms with van der Waals surface area (Å²) in [4.78, 5) is 31.0. The van der Waals surface area contributed by atoms with Crippen LogP contribution in [0.3, 0.4) is 0 Å². The lowest BCUT2D eigenvalue weighted by Gasteiger charge is -2.32. The maximum atomic E-state index is 15.6. The van der Waals surface area contributed by atoms with E-state index < -0.39 is 79.0 Å². The molecular formula is C24H30F6N4O3. The number of carbonyl (C=O) groups excluding carboxylic acids is 1. The second kappa shape index (κ2) is 10.4. The Kier molecular flexibility index (Phi) is 8.04. The number of alkyl halides is 5. The first-order chi connectivity index (χ1) is 17.0. The third-order valence-electron chi connectivity index (χ3n) is 6.39. The molecule has 0 spiro atoms. The van der Waals surface area contributed by atoms with Crippen LogP contribution in [0.25, 0.3) is 11.0 Å². The lowest BCUT2D eigenvalue weighted by Crippen LogP contribution is -2.39. The average Bonchev–Trinajstić information content (AvgIpc) is 3.19. The van der Waals surface area contributed by atoms with Gasteiger partial charge in [-0.25, -0.2) is 36.1 Å². The summed E-state index contributed by atoms with van der Waals surface area (Å²) in [6.45, 7) is 2.47. The Morgan fingerprint density at radius 2 is 1.81 bits per heavy atom. The predicted octanol–water partition coefficient (Wildman–Crippen LogP) is 5.83. The van der Waals surface area contributed by atoms with Crippen LogP contribution in [0, 0.1) is 11.7 Å². The van der Waals surface area contributed by atoms with Crippen molar-refractivity contribution in [1.29, 1.82) is 0 Å². The minimum atomic E-state index is -3.36. The number of hydrogen-bond acceptors (Lipinski definition) is 3. The molecule has 1 aliphatic carbocycles. The molecule has 0 bridgehead atoms. The molecule has 1 fully saturated rings. The van der Waals surface area contributed by atoms with Crippen LogP contribution < -0.4 is 10.6 Å². The van der Waals surface area contributed by atoms with Gasteiger partial charge in [0.15, 0.2) is 5.82 Å². The number of benzene rings is 1. The first kappa shape index (κ1) is 28.6. The summed E-state index contributed by atoms with van der Waals surface area (Å²) in [6.07, 6.45) is -3.35. The maximum Gasteiger partial charge on any atom is 0.405 e. The number of imidazole rings is 1. The molecule has 13 heteroatoms. The van der Waals surface area contributed by atoms with Crippen LogP contribution in [-0.2, 0) is 4.79 Å². The van der Waals surface area contributed by atoms with Gasteiger partial charge in [0.2, 0.25) is 17.8 Å². The zero-order chi connectivity index (χ0) is 27.8. The molecule has 1 heterocycles. The van der Waals surface area contributed by atoms with Gasteiger partial charge in [0.1, 0.15) is 17.0 Å². The summed E-state index contributed by atoms with van der Waals surface area (Å²) in [5.41, 5.74) is -2.44. The van der Waals surface area contributed by atoms with Gasteiger partial charge >= 0.3 is 6.09 Å². The second-order valence-corrected chi connectivity index (χ2v) is 10.4. The van der Waals surface area contributed by atoms with Gasteiger partial charge in [-0.1, -0.05) is 6.07 Å². The third kappa shape index (κ3) is 7.51. The number of H-pyrrole nitrogens is 1. The van der Waals surface area contributed by atoms with Crippen molar-refractivity contribution < 1.29 is 41.0 Å². The molecule has 3 rings (SSSR count). The summed E-state index contributed by atoms with van der Waals surface area (Å²) < 4.78 is 84.6. The van der Waals surface area contributed by atoms with E-state index in [1.807, 2.05) is 0 Å². The van der Waals surface area contributed by atoms with Crippen molar-refractivity contribution in [3.8, 4) is 0 Å². The van der Waals surface area contributed by atoms with Crippen LogP contribution in [0.1, 0.15) is 76.2 Å². The highest BCUT2D eigenvalue weighted by molar-refractivity contribution is 5.86. The van der Waals surface area contributed by atoms with Crippen molar-refractivity contribution in [1.82, 2.24) is 20.6 Å². The van der Waals surface area contributed by atoms with Gasteiger partial charge in [-0.3, -0.25) is 4.79 Å². The topological polar surface area (TPSA) is 107 Å². The molecule has 2 amide bonds. The number of rotatable bonds is 9. The molecule has 7 nitrogen and oxygen atoms in total. The number of amides is 2. The molecule has 1 aromatic carbocycles. The molecule has 0 aliphatic heterocycles. The minimum Gasteiger partial charge on any atom is -0.465 e. The normalized spacial score (nSPS) is 18.4. The highest BCUT2D eigenvalue weighted by Gasteiger charge is 2.40. The Morgan fingerprint density at radius 3 is 2.35 bits per heavy atom. The number of fused-ring (bicyclic) bond motifs is 1. The lowest BCUT2D eigenvalue weighted by atomic mass is 9.82. The molecular weight excluding hydrogens is 506 g/mol. The number of nitrogens with one attached hydrogen (secondary N) is 3. The van der Waals surface area contributed by atoms with Crippen molar-refractivity contribution in [2.24, 2.45) is 5.92 Å². The third-order valence-corrected chi connectivity index (χ3v) is 6.39. The average molecular weight is 537 g/mol. The largest absolute Gasteiger partial charge is 0.465 e. The predicted molar refractivity (Wildman–Crippen MR) is 123 cm³/mol. The van der Waals surface area contributed by atoms with Crippen LogP contribution in [0.4, 0.5) is 31.1 Å². The number of aromatic nitrogens is 2. The van der Waals surface area contributed by atoms with E-state index in [0.717, 1.165) is 6.07 Å². The molecule has 2 unspecified atom stereocenters. The Labute approximate surface area is 209 Å². The second-order valence-electron chi connectivity index (χ2n) is 10.4. The first-order valence-electron chi connectivity index (χ1n) is 11.9. The molecule has 2 atom stereocenters. The zero-order valence-corrected chi connectivity index (χ0v) is 20.6. The van der Waals surface area contributed by atoms with Gasteiger partial charge in [0, 0.05) is 24.8 Å². The van der Waals surface area contributed by atoms with Crippen molar-refractivity contribution in [3.05, 3.63) is 29.3 Å². The van der Waals surface area contributed by atoms with Crippen LogP contribution in [0.5, 0.6) is 0 Å². The van der Waals surface area contributed by atoms with E-state index >= 15 is 4.39 Å². The fourth-order valence-corrected chi connectivity index (χ4v) is 4.55. The van der Waals surface area contributed by atoms with Crippen LogP contribution in [-0.4, -0.2) is 51.1 Å². The molecule has 0 radical (unpaired) electrons. The number of aromatic amines is 1. The summed E-state index contributed by atoms with van der Waals surface area (Å²) in [7, 11) is 0. The summed E-state index contributed by atoms with van der Waals surface area (Å²) in [6, 6.07) is 1.40. The van der Waals surface area contributed by atoms with E-state index in [2.05, 4.69) is 20.6 Å². The van der Waals surface area contributed by atoms with E-state index in [0.29, 0.717) is 6.92 Å². The van der Waals surface area contributed by atoms with Crippen LogP contribution in [0.2, 0.25) is 0 Å². The first-order valence-corrected chi connectivity index (χ1v) is 11.9. The van der Waals surface area contributed by atoms with Crippen LogP contribution >= 0.6 is 0 Å². The number of nitrogens with zero attached hydrogens (tertiary/aromatic N) is 1. The van der Waals surface area contributed by atoms with E-state index in [9.17, 15) is 36.6 Å². The fourth-order valence-electron chi connectivity index (χ4n) is 4.55. The minimum absolute atomic E-state index is 0.00146. The molecule has 37 heavy (non-hydrogen) atoms. The molecule has 2 aromatic rings. The molecule has 1 aromatic heterocycles. The molecule has 1 saturated carbocycles. The monoisotopic (exact) mass is 536 g/mol. The molecule has 0 saturated heterocycles. The van der Waals surface area contributed by atoms with Crippen molar-refractivity contribution >= 4 is 23.0 Å². The zero-order valence-electron chi connectivity index (χ0n) is 20.6. The maximum absolute atomic E-state index is 15.6. The molecule has 206 valence electrons. The highest BCUT2D eigenvalue weighted by Crippen LogP contribution is 2.41. The Balaban J connectivity index is 1.98. The van der Waals surface area contributed by atoms with Gasteiger partial charge in [-0.15, -0.1) is 0 Å². The SMILES string of the molecule is CC(C)(F)CNC(=O)C(CC(C)(F)F)c1ccc2[nH]c(C(NC(=O)O)C3CCC(F)(F)CC3)nc2c1F. The van der Waals surface area contributed by atoms with E-state index in [1.165, 1.54) is 19.9 Å². The summed E-state index contributed by atoms with van der Waals surface area (Å²) >= 11 is 0. The van der Waals surface area contributed by atoms with Crippen molar-refractivity contribution in [2.45, 2.75) is 82.3 Å². The van der Waals surface area contributed by atoms with E-state index in [1.54, 1.807) is 0 Å². The van der Waals surface area contributed by atoms with Gasteiger partial charge < -0.3 is 20.7 Å². The van der Waals surface area contributed by atoms with Crippen molar-refractivity contribution in [3.63, 3.8) is 0 Å². The molecule has 4 N–H and O–H groups in total. The number of carbonyl (C=O) groups is 2. The fraction of sp³-hybridized carbons (Fsp3) is 0.625. The standard InChI is InChI=1S/C24H30F6N4O3/c1-22(2,26)11-31-20(35)14(10-23(3,27)28)13-4-5-15-18(16(13)25)33-19(32-15)17(34-21(36)37)12-6-8-24(29,30)9-7-12/h4-5,12,14,17,34H,6-11H2,1-3H3,(H,31,35)(H,32,33)(H,36,37). The number of hydrogen-bond donors (Lipinski definition) is 4. The van der Waals surface area contributed by atoms with E-state index in [-0.39, 0.29) is 35.3 Å². The summed E-state index contributed by atoms with van der Waals surface area (Å²) in [5.74, 6) is -10.5. The lowest BCUT2D eigenvalue weighted by molar-refractivity contribution is -0.125. The van der Waals surface area contributed by atoms with Crippen LogP contribution in [0.15, 0.2) is 12.1 Å². The Bertz CT molecular complexity index is 1130. The number of halogens is 6. The van der Waals surface area contributed by atoms with E-state index in [4.69, 9.17) is 0 Å². The number of carboxylic acid groups (broad SMARTS) is 1. The van der Waals surface area contributed by atoms with Gasteiger partial charge in [-0.2, -0.15) is 0 Å². The smallest absolute Gasteiger partial charge is 0.405 e.